The van der Waals surface area contributed by atoms with Gasteiger partial charge in [0.1, 0.15) is 0 Å². The molecule has 0 spiro atoms. The van der Waals surface area contributed by atoms with Crippen LogP contribution in [0.25, 0.3) is 5.69 Å². The first-order valence-electron chi connectivity index (χ1n) is 8.17. The number of rotatable bonds is 6. The fourth-order valence-electron chi connectivity index (χ4n) is 2.66. The number of aryl methyl sites for hydroxylation is 1. The van der Waals surface area contributed by atoms with Crippen LogP contribution in [0.2, 0.25) is 0 Å². The predicted octanol–water partition coefficient (Wildman–Crippen LogP) is 2.13. The molecular weight excluding hydrogens is 304 g/mol. The molecule has 6 nitrogen and oxygen atoms in total. The maximum absolute atomic E-state index is 12.1. The number of amides is 2. The molecule has 0 bridgehead atoms. The minimum Gasteiger partial charge on any atom is -0.392 e. The number of aromatic nitrogens is 2. The van der Waals surface area contributed by atoms with Crippen molar-refractivity contribution in [3.8, 4) is 5.69 Å². The second-order valence-corrected chi connectivity index (χ2v) is 6.31. The first kappa shape index (κ1) is 18.0. The average molecular weight is 330 g/mol. The molecule has 6 heteroatoms. The van der Waals surface area contributed by atoms with Gasteiger partial charge >= 0.3 is 6.03 Å². The number of carbonyl (C=O) groups is 1. The Morgan fingerprint density at radius 2 is 2.00 bits per heavy atom. The molecule has 2 atom stereocenters. The molecule has 0 aliphatic rings. The molecule has 1 heterocycles. The molecule has 0 radical (unpaired) electrons. The number of aliphatic hydroxyl groups excluding tert-OH is 1. The molecule has 2 amide bonds. The molecular formula is C18H26N4O2. The standard InChI is InChI=1S/C18H26N4O2/c1-13(19-18(24)21(4)12-15(3)23)10-17-11-14(2)20-22(17)16-8-6-5-7-9-16/h5-9,11,13,15,23H,10,12H2,1-4H3,(H,19,24). The summed E-state index contributed by atoms with van der Waals surface area (Å²) >= 11 is 0. The zero-order valence-corrected chi connectivity index (χ0v) is 14.7. The van der Waals surface area contributed by atoms with E-state index in [1.807, 2.05) is 54.9 Å². The largest absolute Gasteiger partial charge is 0.392 e. The van der Waals surface area contributed by atoms with Crippen LogP contribution in [0.4, 0.5) is 4.79 Å². The van der Waals surface area contributed by atoms with Gasteiger partial charge in [-0.15, -0.1) is 0 Å². The molecule has 0 fully saturated rings. The lowest BCUT2D eigenvalue weighted by Gasteiger charge is -2.22. The number of hydrogen-bond donors (Lipinski definition) is 2. The van der Waals surface area contributed by atoms with Crippen LogP contribution in [0.1, 0.15) is 25.2 Å². The van der Waals surface area contributed by atoms with Gasteiger partial charge < -0.3 is 15.3 Å². The lowest BCUT2D eigenvalue weighted by atomic mass is 10.1. The zero-order valence-electron chi connectivity index (χ0n) is 14.7. The smallest absolute Gasteiger partial charge is 0.317 e. The van der Waals surface area contributed by atoms with Crippen LogP contribution in [0.15, 0.2) is 36.4 Å². The normalized spacial score (nSPS) is 13.4. The molecule has 0 aliphatic heterocycles. The van der Waals surface area contributed by atoms with Gasteiger partial charge in [0, 0.05) is 31.7 Å². The topological polar surface area (TPSA) is 70.4 Å². The van der Waals surface area contributed by atoms with Gasteiger partial charge in [-0.2, -0.15) is 5.10 Å². The van der Waals surface area contributed by atoms with Crippen molar-refractivity contribution >= 4 is 6.03 Å². The van der Waals surface area contributed by atoms with Crippen molar-refractivity contribution in [2.24, 2.45) is 0 Å². The summed E-state index contributed by atoms with van der Waals surface area (Å²) in [6, 6.07) is 11.7. The third-order valence-corrected chi connectivity index (χ3v) is 3.68. The summed E-state index contributed by atoms with van der Waals surface area (Å²) in [6.07, 6.45) is 0.127. The van der Waals surface area contributed by atoms with Crippen molar-refractivity contribution in [3.05, 3.63) is 47.8 Å². The SMILES string of the molecule is Cc1cc(CC(C)NC(=O)N(C)CC(C)O)n(-c2ccccc2)n1. The number of likely N-dealkylation sites (N-methyl/N-ethyl adjacent to an activating group) is 1. The van der Waals surface area contributed by atoms with Gasteiger partial charge in [-0.25, -0.2) is 9.48 Å². The molecule has 130 valence electrons. The summed E-state index contributed by atoms with van der Waals surface area (Å²) in [6.45, 7) is 5.89. The van der Waals surface area contributed by atoms with Gasteiger partial charge in [0.15, 0.2) is 0 Å². The first-order chi connectivity index (χ1) is 11.4. The van der Waals surface area contributed by atoms with Gasteiger partial charge in [0.2, 0.25) is 0 Å². The molecule has 0 saturated carbocycles. The van der Waals surface area contributed by atoms with E-state index < -0.39 is 6.10 Å². The molecule has 2 aromatic rings. The number of urea groups is 1. The van der Waals surface area contributed by atoms with Crippen LogP contribution in [0.3, 0.4) is 0 Å². The van der Waals surface area contributed by atoms with E-state index >= 15 is 0 Å². The second-order valence-electron chi connectivity index (χ2n) is 6.31. The maximum Gasteiger partial charge on any atom is 0.317 e. The highest BCUT2D eigenvalue weighted by Crippen LogP contribution is 2.14. The van der Waals surface area contributed by atoms with Crippen molar-refractivity contribution in [2.75, 3.05) is 13.6 Å². The molecule has 2 unspecified atom stereocenters. The Labute approximate surface area is 143 Å². The first-order valence-corrected chi connectivity index (χ1v) is 8.17. The van der Waals surface area contributed by atoms with Crippen LogP contribution < -0.4 is 5.32 Å². The number of nitrogens with zero attached hydrogens (tertiary/aromatic N) is 3. The van der Waals surface area contributed by atoms with E-state index in [2.05, 4.69) is 10.4 Å². The highest BCUT2D eigenvalue weighted by molar-refractivity contribution is 5.74. The van der Waals surface area contributed by atoms with E-state index in [9.17, 15) is 9.90 Å². The Morgan fingerprint density at radius 1 is 1.33 bits per heavy atom. The lowest BCUT2D eigenvalue weighted by molar-refractivity contribution is 0.142. The number of benzene rings is 1. The van der Waals surface area contributed by atoms with Crippen LogP contribution >= 0.6 is 0 Å². The zero-order chi connectivity index (χ0) is 17.7. The number of carbonyl (C=O) groups excluding carboxylic acids is 1. The van der Waals surface area contributed by atoms with Gasteiger partial charge in [-0.05, 0) is 39.0 Å². The fourth-order valence-corrected chi connectivity index (χ4v) is 2.66. The highest BCUT2D eigenvalue weighted by Gasteiger charge is 2.16. The van der Waals surface area contributed by atoms with E-state index in [0.717, 1.165) is 17.1 Å². The van der Waals surface area contributed by atoms with Crippen LogP contribution in [-0.2, 0) is 6.42 Å². The summed E-state index contributed by atoms with van der Waals surface area (Å²) in [5, 5.41) is 16.9. The van der Waals surface area contributed by atoms with Gasteiger partial charge in [-0.1, -0.05) is 18.2 Å². The van der Waals surface area contributed by atoms with Gasteiger partial charge in [-0.3, -0.25) is 0 Å². The molecule has 1 aromatic heterocycles. The van der Waals surface area contributed by atoms with Crippen molar-refractivity contribution in [1.82, 2.24) is 20.0 Å². The number of hydrogen-bond acceptors (Lipinski definition) is 3. The molecule has 0 aliphatic carbocycles. The molecule has 1 aromatic carbocycles. The predicted molar refractivity (Wildman–Crippen MR) is 94.3 cm³/mol. The van der Waals surface area contributed by atoms with E-state index in [1.54, 1.807) is 14.0 Å². The van der Waals surface area contributed by atoms with Gasteiger partial charge in [0.25, 0.3) is 0 Å². The monoisotopic (exact) mass is 330 g/mol. The Kier molecular flexibility index (Phi) is 5.98. The Bertz CT molecular complexity index is 667. The van der Waals surface area contributed by atoms with Crippen LogP contribution in [0.5, 0.6) is 0 Å². The van der Waals surface area contributed by atoms with Crippen molar-refractivity contribution in [2.45, 2.75) is 39.3 Å². The minimum absolute atomic E-state index is 0.0486. The fraction of sp³-hybridized carbons (Fsp3) is 0.444. The summed E-state index contributed by atoms with van der Waals surface area (Å²) in [7, 11) is 1.67. The highest BCUT2D eigenvalue weighted by atomic mass is 16.3. The third-order valence-electron chi connectivity index (χ3n) is 3.68. The minimum atomic E-state index is -0.543. The summed E-state index contributed by atoms with van der Waals surface area (Å²) in [4.78, 5) is 13.6. The van der Waals surface area contributed by atoms with E-state index in [-0.39, 0.29) is 12.1 Å². The summed E-state index contributed by atoms with van der Waals surface area (Å²) in [5.41, 5.74) is 2.99. The van der Waals surface area contributed by atoms with Crippen molar-refractivity contribution < 1.29 is 9.90 Å². The second kappa shape index (κ2) is 7.97. The Morgan fingerprint density at radius 3 is 2.62 bits per heavy atom. The van der Waals surface area contributed by atoms with Crippen molar-refractivity contribution in [1.29, 1.82) is 0 Å². The van der Waals surface area contributed by atoms with E-state index in [4.69, 9.17) is 0 Å². The van der Waals surface area contributed by atoms with E-state index in [1.165, 1.54) is 4.90 Å². The molecule has 0 saturated heterocycles. The van der Waals surface area contributed by atoms with E-state index in [0.29, 0.717) is 13.0 Å². The number of para-hydroxylation sites is 1. The number of nitrogens with one attached hydrogen (secondary N) is 1. The number of aliphatic hydroxyl groups is 1. The van der Waals surface area contributed by atoms with Crippen LogP contribution in [0, 0.1) is 6.92 Å². The van der Waals surface area contributed by atoms with Crippen molar-refractivity contribution in [3.63, 3.8) is 0 Å². The maximum atomic E-state index is 12.1. The van der Waals surface area contributed by atoms with Gasteiger partial charge in [0.05, 0.1) is 17.5 Å². The Hall–Kier alpha value is -2.34. The summed E-state index contributed by atoms with van der Waals surface area (Å²) in [5.74, 6) is 0. The Balaban J connectivity index is 2.05. The third kappa shape index (κ3) is 4.83. The molecule has 2 rings (SSSR count). The average Bonchev–Trinajstić information content (AvgIpc) is 2.87. The molecule has 24 heavy (non-hydrogen) atoms. The summed E-state index contributed by atoms with van der Waals surface area (Å²) < 4.78 is 1.91. The lowest BCUT2D eigenvalue weighted by Crippen LogP contribution is -2.45. The quantitative estimate of drug-likeness (QED) is 0.852. The molecule has 2 N–H and O–H groups in total. The van der Waals surface area contributed by atoms with Crippen LogP contribution in [-0.4, -0.2) is 51.6 Å².